The molecule has 0 spiro atoms. The second-order valence-electron chi connectivity index (χ2n) is 2.48. The Morgan fingerprint density at radius 3 is 2.92 bits per heavy atom. The first-order chi connectivity index (χ1) is 5.72. The fraction of sp³-hybridized carbons (Fsp3) is 0.100. The van der Waals surface area contributed by atoms with Crippen LogP contribution in [0.25, 0.3) is 0 Å². The summed E-state index contributed by atoms with van der Waals surface area (Å²) >= 11 is 2.23. The fourth-order valence-corrected chi connectivity index (χ4v) is 1.53. The highest BCUT2D eigenvalue weighted by molar-refractivity contribution is 14.1. The summed E-state index contributed by atoms with van der Waals surface area (Å²) in [6, 6.07) is 7.90. The van der Waals surface area contributed by atoms with E-state index < -0.39 is 0 Å². The van der Waals surface area contributed by atoms with Gasteiger partial charge in [-0.05, 0) is 46.4 Å². The van der Waals surface area contributed by atoms with Crippen LogP contribution in [0.15, 0.2) is 36.9 Å². The van der Waals surface area contributed by atoms with Gasteiger partial charge < -0.3 is 0 Å². The van der Waals surface area contributed by atoms with Gasteiger partial charge in [-0.15, -0.1) is 0 Å². The number of rotatable bonds is 3. The largest absolute Gasteiger partial charge is 0.295 e. The lowest BCUT2D eigenvalue weighted by Gasteiger charge is -1.97. The van der Waals surface area contributed by atoms with Crippen LogP contribution in [0.3, 0.4) is 0 Å². The number of hydrogen-bond donors (Lipinski definition) is 0. The highest BCUT2D eigenvalue weighted by Gasteiger charge is 1.98. The number of benzene rings is 1. The third-order valence-corrected chi connectivity index (χ3v) is 2.17. The monoisotopic (exact) mass is 272 g/mol. The van der Waals surface area contributed by atoms with E-state index in [4.69, 9.17) is 0 Å². The second kappa shape index (κ2) is 4.40. The first-order valence-electron chi connectivity index (χ1n) is 3.62. The first kappa shape index (κ1) is 9.45. The molecule has 0 aromatic heterocycles. The van der Waals surface area contributed by atoms with Gasteiger partial charge in [0.15, 0.2) is 5.78 Å². The third-order valence-electron chi connectivity index (χ3n) is 1.50. The minimum atomic E-state index is 0.0667. The van der Waals surface area contributed by atoms with Crippen molar-refractivity contribution in [2.24, 2.45) is 0 Å². The van der Waals surface area contributed by atoms with Crippen LogP contribution in [-0.2, 0) is 11.2 Å². The molecule has 1 rings (SSSR count). The average molecular weight is 272 g/mol. The van der Waals surface area contributed by atoms with Crippen LogP contribution in [0.2, 0.25) is 0 Å². The van der Waals surface area contributed by atoms with Gasteiger partial charge in [0, 0.05) is 9.99 Å². The van der Waals surface area contributed by atoms with Crippen molar-refractivity contribution in [3.05, 3.63) is 46.1 Å². The van der Waals surface area contributed by atoms with Crippen LogP contribution in [0.4, 0.5) is 0 Å². The molecule has 0 unspecified atom stereocenters. The van der Waals surface area contributed by atoms with Gasteiger partial charge in [-0.1, -0.05) is 18.7 Å². The standard InChI is InChI=1S/C10H9IO/c1-2-10(12)7-8-4-3-5-9(11)6-8/h2-6H,1,7H2. The van der Waals surface area contributed by atoms with Gasteiger partial charge in [0.2, 0.25) is 0 Å². The van der Waals surface area contributed by atoms with Gasteiger partial charge in [0.1, 0.15) is 0 Å². The molecule has 12 heavy (non-hydrogen) atoms. The first-order valence-corrected chi connectivity index (χ1v) is 4.70. The van der Waals surface area contributed by atoms with Crippen molar-refractivity contribution in [1.29, 1.82) is 0 Å². The van der Waals surface area contributed by atoms with E-state index in [-0.39, 0.29) is 5.78 Å². The zero-order chi connectivity index (χ0) is 8.97. The molecule has 62 valence electrons. The van der Waals surface area contributed by atoms with Crippen molar-refractivity contribution in [1.82, 2.24) is 0 Å². The molecule has 0 radical (unpaired) electrons. The zero-order valence-electron chi connectivity index (χ0n) is 6.59. The van der Waals surface area contributed by atoms with Gasteiger partial charge in [-0.2, -0.15) is 0 Å². The zero-order valence-corrected chi connectivity index (χ0v) is 8.74. The number of carbonyl (C=O) groups is 1. The Morgan fingerprint density at radius 1 is 1.58 bits per heavy atom. The lowest BCUT2D eigenvalue weighted by molar-refractivity contribution is -0.114. The summed E-state index contributed by atoms with van der Waals surface area (Å²) in [6.07, 6.45) is 1.82. The van der Waals surface area contributed by atoms with E-state index in [2.05, 4.69) is 29.2 Å². The van der Waals surface area contributed by atoms with Crippen LogP contribution in [0, 0.1) is 3.57 Å². The van der Waals surface area contributed by atoms with Crippen LogP contribution in [0.5, 0.6) is 0 Å². The van der Waals surface area contributed by atoms with E-state index in [9.17, 15) is 4.79 Å². The van der Waals surface area contributed by atoms with Crippen molar-refractivity contribution < 1.29 is 4.79 Å². The maximum absolute atomic E-state index is 11.0. The molecule has 0 amide bonds. The van der Waals surface area contributed by atoms with Crippen LogP contribution in [0.1, 0.15) is 5.56 Å². The van der Waals surface area contributed by atoms with Gasteiger partial charge in [0.05, 0.1) is 0 Å². The van der Waals surface area contributed by atoms with E-state index >= 15 is 0 Å². The normalized spacial score (nSPS) is 9.42. The molecule has 0 fully saturated rings. The predicted molar refractivity (Wildman–Crippen MR) is 58.1 cm³/mol. The Morgan fingerprint density at radius 2 is 2.33 bits per heavy atom. The molecule has 0 N–H and O–H groups in total. The average Bonchev–Trinajstić information content (AvgIpc) is 2.04. The van der Waals surface area contributed by atoms with E-state index in [0.29, 0.717) is 6.42 Å². The number of hydrogen-bond acceptors (Lipinski definition) is 1. The highest BCUT2D eigenvalue weighted by atomic mass is 127. The van der Waals surface area contributed by atoms with E-state index in [0.717, 1.165) is 9.13 Å². The lowest BCUT2D eigenvalue weighted by Crippen LogP contribution is -1.97. The van der Waals surface area contributed by atoms with Gasteiger partial charge in [0.25, 0.3) is 0 Å². The fourth-order valence-electron chi connectivity index (χ4n) is 0.920. The molecule has 0 saturated heterocycles. The highest BCUT2D eigenvalue weighted by Crippen LogP contribution is 2.08. The molecule has 1 aromatic carbocycles. The molecule has 0 aliphatic carbocycles. The van der Waals surface area contributed by atoms with E-state index in [1.165, 1.54) is 6.08 Å². The molecule has 0 atom stereocenters. The smallest absolute Gasteiger partial charge is 0.159 e. The van der Waals surface area contributed by atoms with E-state index in [1.54, 1.807) is 0 Å². The van der Waals surface area contributed by atoms with Crippen molar-refractivity contribution in [3.8, 4) is 0 Å². The molecular formula is C10H9IO. The van der Waals surface area contributed by atoms with Crippen molar-refractivity contribution >= 4 is 28.4 Å². The Bertz CT molecular complexity index is 304. The minimum absolute atomic E-state index is 0.0667. The van der Waals surface area contributed by atoms with Crippen LogP contribution >= 0.6 is 22.6 Å². The number of halogens is 1. The lowest BCUT2D eigenvalue weighted by atomic mass is 10.1. The number of carbonyl (C=O) groups excluding carboxylic acids is 1. The summed E-state index contributed by atoms with van der Waals surface area (Å²) in [6.45, 7) is 3.43. The molecule has 0 bridgehead atoms. The Hall–Kier alpha value is -0.640. The summed E-state index contributed by atoms with van der Waals surface area (Å²) < 4.78 is 1.15. The Balaban J connectivity index is 2.76. The number of allylic oxidation sites excluding steroid dienone is 1. The molecular weight excluding hydrogens is 263 g/mol. The summed E-state index contributed by atoms with van der Waals surface area (Å²) in [5.41, 5.74) is 1.05. The molecule has 2 heteroatoms. The quantitative estimate of drug-likeness (QED) is 0.610. The minimum Gasteiger partial charge on any atom is -0.295 e. The summed E-state index contributed by atoms with van der Waals surface area (Å²) in [7, 11) is 0. The van der Waals surface area contributed by atoms with E-state index in [1.807, 2.05) is 24.3 Å². The Labute approximate surface area is 85.6 Å². The summed E-state index contributed by atoms with van der Waals surface area (Å²) in [4.78, 5) is 11.0. The topological polar surface area (TPSA) is 17.1 Å². The molecule has 0 heterocycles. The van der Waals surface area contributed by atoms with Crippen LogP contribution < -0.4 is 0 Å². The van der Waals surface area contributed by atoms with Crippen molar-refractivity contribution in [3.63, 3.8) is 0 Å². The molecule has 1 aromatic rings. The predicted octanol–water partition coefficient (Wildman–Crippen LogP) is 2.59. The molecule has 1 nitrogen and oxygen atoms in total. The van der Waals surface area contributed by atoms with Crippen molar-refractivity contribution in [2.45, 2.75) is 6.42 Å². The summed E-state index contributed by atoms with van der Waals surface area (Å²) in [5, 5.41) is 0. The Kier molecular flexibility index (Phi) is 3.47. The number of ketones is 1. The molecule has 0 aliphatic heterocycles. The summed E-state index contributed by atoms with van der Waals surface area (Å²) in [5.74, 6) is 0.0667. The molecule has 0 aliphatic rings. The van der Waals surface area contributed by atoms with Gasteiger partial charge in [-0.3, -0.25) is 4.79 Å². The third kappa shape index (κ3) is 2.77. The molecule has 0 saturated carbocycles. The van der Waals surface area contributed by atoms with Crippen LogP contribution in [-0.4, -0.2) is 5.78 Å². The van der Waals surface area contributed by atoms with Gasteiger partial charge >= 0.3 is 0 Å². The van der Waals surface area contributed by atoms with Gasteiger partial charge in [-0.25, -0.2) is 0 Å². The SMILES string of the molecule is C=CC(=O)Cc1cccc(I)c1. The second-order valence-corrected chi connectivity index (χ2v) is 3.72. The maximum atomic E-state index is 11.0. The maximum Gasteiger partial charge on any atom is 0.159 e. The van der Waals surface area contributed by atoms with Crippen molar-refractivity contribution in [2.75, 3.05) is 0 Å².